The van der Waals surface area contributed by atoms with Crippen LogP contribution in [0.1, 0.15) is 16.8 Å². The number of nitrogens with two attached hydrogens (primary N) is 1. The van der Waals surface area contributed by atoms with Gasteiger partial charge in [0.15, 0.2) is 18.1 Å². The molecular weight excluding hydrogens is 429 g/mol. The van der Waals surface area contributed by atoms with Crippen molar-refractivity contribution in [3.8, 4) is 11.5 Å². The Morgan fingerprint density at radius 1 is 1.09 bits per heavy atom. The topological polar surface area (TPSA) is 151 Å². The van der Waals surface area contributed by atoms with Crippen molar-refractivity contribution in [1.82, 2.24) is 0 Å². The zero-order valence-corrected chi connectivity index (χ0v) is 17.2. The Morgan fingerprint density at radius 3 is 2.22 bits per heavy atom. The van der Waals surface area contributed by atoms with E-state index < -0.39 is 46.4 Å². The minimum Gasteiger partial charge on any atom is -0.493 e. The fourth-order valence-electron chi connectivity index (χ4n) is 2.71. The van der Waals surface area contributed by atoms with Gasteiger partial charge in [-0.05, 0) is 24.3 Å². The van der Waals surface area contributed by atoms with Gasteiger partial charge in [-0.15, -0.1) is 0 Å². The summed E-state index contributed by atoms with van der Waals surface area (Å²) in [5, 5.41) is 11.4. The first-order chi connectivity index (χ1) is 15.2. The predicted octanol–water partition coefficient (Wildman–Crippen LogP) is 1.82. The molecule has 2 aromatic carbocycles. The molecule has 0 bridgehead atoms. The first-order valence-corrected chi connectivity index (χ1v) is 9.09. The van der Waals surface area contributed by atoms with Gasteiger partial charge in [0.2, 0.25) is 5.91 Å². The van der Waals surface area contributed by atoms with Crippen LogP contribution in [0.5, 0.6) is 11.5 Å². The molecule has 0 aliphatic heterocycles. The third-order valence-corrected chi connectivity index (χ3v) is 4.27. The van der Waals surface area contributed by atoms with Crippen LogP contribution in [-0.2, 0) is 14.3 Å². The van der Waals surface area contributed by atoms with Crippen molar-refractivity contribution in [3.63, 3.8) is 0 Å². The molecule has 12 heteroatoms. The van der Waals surface area contributed by atoms with Gasteiger partial charge in [0.05, 0.1) is 25.2 Å². The van der Waals surface area contributed by atoms with Gasteiger partial charge in [0.1, 0.15) is 11.4 Å². The molecule has 0 spiro atoms. The Bertz CT molecular complexity index is 1030. The van der Waals surface area contributed by atoms with E-state index in [0.29, 0.717) is 0 Å². The van der Waals surface area contributed by atoms with Crippen molar-refractivity contribution >= 4 is 29.2 Å². The third kappa shape index (κ3) is 5.90. The second-order valence-electron chi connectivity index (χ2n) is 6.30. The van der Waals surface area contributed by atoms with Crippen LogP contribution in [0, 0.1) is 15.9 Å². The number of rotatable bonds is 10. The number of nitro benzene ring substituents is 1. The Kier molecular flexibility index (Phi) is 8.04. The van der Waals surface area contributed by atoms with Crippen LogP contribution in [0.2, 0.25) is 0 Å². The number of primary amides is 1. The molecular formula is C20H20FN3O8. The molecule has 0 aliphatic rings. The molecule has 0 unspecified atom stereocenters. The summed E-state index contributed by atoms with van der Waals surface area (Å²) in [7, 11) is 2.55. The van der Waals surface area contributed by atoms with Crippen molar-refractivity contribution in [2.45, 2.75) is 6.42 Å². The summed E-state index contributed by atoms with van der Waals surface area (Å²) >= 11 is 0. The van der Waals surface area contributed by atoms with E-state index in [2.05, 4.69) is 0 Å². The molecule has 32 heavy (non-hydrogen) atoms. The van der Waals surface area contributed by atoms with Gasteiger partial charge in [-0.1, -0.05) is 0 Å². The number of anilines is 1. The highest BCUT2D eigenvalue weighted by molar-refractivity contribution is 5.99. The summed E-state index contributed by atoms with van der Waals surface area (Å²) in [6.07, 6.45) is -0.196. The number of carbonyl (C=O) groups excluding carboxylic acids is 3. The van der Waals surface area contributed by atoms with Crippen molar-refractivity contribution in [3.05, 3.63) is 57.9 Å². The SMILES string of the molecule is COc1cc(C(=O)OCC(=O)N(CCC(N)=O)c2ccc(F)cc2)c([N+](=O)[O-])cc1OC. The maximum absolute atomic E-state index is 13.2. The number of ether oxygens (including phenoxy) is 3. The first kappa shape index (κ1) is 24.1. The van der Waals surface area contributed by atoms with E-state index in [1.807, 2.05) is 0 Å². The lowest BCUT2D eigenvalue weighted by Gasteiger charge is -2.22. The summed E-state index contributed by atoms with van der Waals surface area (Å²) in [6.45, 7) is -0.950. The maximum atomic E-state index is 13.2. The van der Waals surface area contributed by atoms with Crippen LogP contribution in [-0.4, -0.2) is 50.1 Å². The number of carbonyl (C=O) groups is 3. The molecule has 0 aromatic heterocycles. The molecule has 2 amide bonds. The lowest BCUT2D eigenvalue weighted by Crippen LogP contribution is -2.37. The molecule has 0 radical (unpaired) electrons. The summed E-state index contributed by atoms with van der Waals surface area (Å²) in [4.78, 5) is 47.9. The number of amides is 2. The molecule has 170 valence electrons. The molecule has 2 aromatic rings. The quantitative estimate of drug-likeness (QED) is 0.328. The maximum Gasteiger partial charge on any atom is 0.345 e. The zero-order chi connectivity index (χ0) is 23.8. The molecule has 0 saturated carbocycles. The summed E-state index contributed by atoms with van der Waals surface area (Å²) in [5.41, 5.74) is 4.31. The second kappa shape index (κ2) is 10.7. The predicted molar refractivity (Wildman–Crippen MR) is 109 cm³/mol. The lowest BCUT2D eigenvalue weighted by atomic mass is 10.1. The molecule has 0 fully saturated rings. The van der Waals surface area contributed by atoms with E-state index in [1.165, 1.54) is 26.4 Å². The van der Waals surface area contributed by atoms with E-state index in [9.17, 15) is 28.9 Å². The number of nitrogens with zero attached hydrogens (tertiary/aromatic N) is 2. The third-order valence-electron chi connectivity index (χ3n) is 4.27. The smallest absolute Gasteiger partial charge is 0.345 e. The van der Waals surface area contributed by atoms with Crippen LogP contribution in [0.3, 0.4) is 0 Å². The van der Waals surface area contributed by atoms with Crippen molar-refractivity contribution in [2.24, 2.45) is 5.73 Å². The number of benzene rings is 2. The normalized spacial score (nSPS) is 10.2. The number of halogens is 1. The minimum atomic E-state index is -1.15. The number of esters is 1. The van der Waals surface area contributed by atoms with Gasteiger partial charge in [0, 0.05) is 24.7 Å². The molecule has 0 aliphatic carbocycles. The number of methoxy groups -OCH3 is 2. The van der Waals surface area contributed by atoms with E-state index >= 15 is 0 Å². The van der Waals surface area contributed by atoms with Crippen molar-refractivity contribution < 1.29 is 37.9 Å². The zero-order valence-electron chi connectivity index (χ0n) is 17.2. The molecule has 0 atom stereocenters. The average Bonchev–Trinajstić information content (AvgIpc) is 2.77. The van der Waals surface area contributed by atoms with Gasteiger partial charge >= 0.3 is 5.97 Å². The molecule has 0 heterocycles. The van der Waals surface area contributed by atoms with E-state index in [0.717, 1.165) is 29.2 Å². The van der Waals surface area contributed by atoms with Gasteiger partial charge in [-0.3, -0.25) is 19.7 Å². The standard InChI is InChI=1S/C20H20FN3O8/c1-30-16-9-14(15(24(28)29)10-17(16)31-2)20(27)32-11-19(26)23(8-7-18(22)25)13-5-3-12(21)4-6-13/h3-6,9-10H,7-8,11H2,1-2H3,(H2,22,25). The Hall–Kier alpha value is -4.22. The number of hydrogen-bond acceptors (Lipinski definition) is 8. The van der Waals surface area contributed by atoms with Gasteiger partial charge in [0.25, 0.3) is 11.6 Å². The Morgan fingerprint density at radius 2 is 1.69 bits per heavy atom. The van der Waals surface area contributed by atoms with Gasteiger partial charge in [-0.2, -0.15) is 0 Å². The highest BCUT2D eigenvalue weighted by Gasteiger charge is 2.27. The van der Waals surface area contributed by atoms with E-state index in [4.69, 9.17) is 19.9 Å². The fourth-order valence-corrected chi connectivity index (χ4v) is 2.71. The Balaban J connectivity index is 2.23. The highest BCUT2D eigenvalue weighted by atomic mass is 19.1. The minimum absolute atomic E-state index is 0.0285. The summed E-state index contributed by atoms with van der Waals surface area (Å²) < 4.78 is 28.2. The van der Waals surface area contributed by atoms with Crippen LogP contribution in [0.25, 0.3) is 0 Å². The number of hydrogen-bond donors (Lipinski definition) is 1. The van der Waals surface area contributed by atoms with Crippen LogP contribution >= 0.6 is 0 Å². The van der Waals surface area contributed by atoms with Crippen LogP contribution in [0.4, 0.5) is 15.8 Å². The molecule has 2 rings (SSSR count). The van der Waals surface area contributed by atoms with Gasteiger partial charge < -0.3 is 24.8 Å². The lowest BCUT2D eigenvalue weighted by molar-refractivity contribution is -0.385. The summed E-state index contributed by atoms with van der Waals surface area (Å²) in [5.74, 6) is -3.05. The van der Waals surface area contributed by atoms with E-state index in [1.54, 1.807) is 0 Å². The monoisotopic (exact) mass is 449 g/mol. The fraction of sp³-hybridized carbons (Fsp3) is 0.250. The van der Waals surface area contributed by atoms with Crippen LogP contribution < -0.4 is 20.1 Å². The van der Waals surface area contributed by atoms with Gasteiger partial charge in [-0.25, -0.2) is 9.18 Å². The van der Waals surface area contributed by atoms with Crippen LogP contribution in [0.15, 0.2) is 36.4 Å². The second-order valence-corrected chi connectivity index (χ2v) is 6.30. The average molecular weight is 449 g/mol. The van der Waals surface area contributed by atoms with E-state index in [-0.39, 0.29) is 30.2 Å². The Labute approximate surface area is 181 Å². The number of nitro groups is 1. The van der Waals surface area contributed by atoms with Crippen molar-refractivity contribution in [1.29, 1.82) is 0 Å². The largest absolute Gasteiger partial charge is 0.493 e. The molecule has 0 saturated heterocycles. The first-order valence-electron chi connectivity index (χ1n) is 9.09. The molecule has 11 nitrogen and oxygen atoms in total. The summed E-state index contributed by atoms with van der Waals surface area (Å²) in [6, 6.07) is 6.88. The highest BCUT2D eigenvalue weighted by Crippen LogP contribution is 2.34. The molecule has 2 N–H and O–H groups in total. The van der Waals surface area contributed by atoms with Crippen molar-refractivity contribution in [2.75, 3.05) is 32.3 Å².